The van der Waals surface area contributed by atoms with Gasteiger partial charge in [-0.1, -0.05) is 6.92 Å². The number of nitrogens with two attached hydrogens (primary N) is 1. The van der Waals surface area contributed by atoms with Gasteiger partial charge in [-0.05, 0) is 32.6 Å². The van der Waals surface area contributed by atoms with E-state index in [4.69, 9.17) is 5.84 Å². The lowest BCUT2D eigenvalue weighted by molar-refractivity contribution is 0.0745. The van der Waals surface area contributed by atoms with Gasteiger partial charge in [0.15, 0.2) is 5.82 Å². The molecule has 0 saturated carbocycles. The topological polar surface area (TPSA) is 74.5 Å². The van der Waals surface area contributed by atoms with Gasteiger partial charge >= 0.3 is 0 Å². The number of carbonyl (C=O) groups excluding carboxylic acids is 1. The molecule has 0 aliphatic rings. The Labute approximate surface area is 114 Å². The van der Waals surface area contributed by atoms with Crippen LogP contribution in [0, 0.1) is 0 Å². The molecule has 1 heterocycles. The molecule has 0 aliphatic carbocycles. The summed E-state index contributed by atoms with van der Waals surface area (Å²) in [7, 11) is 3.98. The van der Waals surface area contributed by atoms with Gasteiger partial charge in [0.25, 0.3) is 5.91 Å². The quantitative estimate of drug-likeness (QED) is 0.563. The number of amides is 1. The van der Waals surface area contributed by atoms with E-state index >= 15 is 0 Å². The molecule has 0 spiro atoms. The van der Waals surface area contributed by atoms with E-state index < -0.39 is 0 Å². The van der Waals surface area contributed by atoms with Crippen LogP contribution in [0.3, 0.4) is 0 Å². The van der Waals surface area contributed by atoms with Gasteiger partial charge in [0.2, 0.25) is 0 Å². The third kappa shape index (κ3) is 4.50. The van der Waals surface area contributed by atoms with Crippen LogP contribution >= 0.6 is 0 Å². The Kier molecular flexibility index (Phi) is 6.24. The molecule has 6 heteroatoms. The average Bonchev–Trinajstić information content (AvgIpc) is 2.42. The van der Waals surface area contributed by atoms with Crippen LogP contribution in [0.1, 0.15) is 23.7 Å². The van der Waals surface area contributed by atoms with E-state index in [0.717, 1.165) is 19.5 Å². The van der Waals surface area contributed by atoms with Crippen molar-refractivity contribution in [3.63, 3.8) is 0 Å². The number of anilines is 1. The van der Waals surface area contributed by atoms with Crippen molar-refractivity contribution in [3.8, 4) is 0 Å². The number of nitrogen functional groups attached to an aromatic ring is 1. The zero-order chi connectivity index (χ0) is 14.3. The summed E-state index contributed by atoms with van der Waals surface area (Å²) in [5.74, 6) is 5.77. The van der Waals surface area contributed by atoms with Crippen molar-refractivity contribution in [1.82, 2.24) is 14.8 Å². The third-order valence-corrected chi connectivity index (χ3v) is 2.77. The lowest BCUT2D eigenvalue weighted by Gasteiger charge is -2.24. The fraction of sp³-hybridized carbons (Fsp3) is 0.538. The molecule has 0 aliphatic heterocycles. The fourth-order valence-electron chi connectivity index (χ4n) is 1.77. The molecule has 0 aromatic carbocycles. The van der Waals surface area contributed by atoms with Crippen LogP contribution in [0.25, 0.3) is 0 Å². The molecular formula is C13H23N5O. The highest BCUT2D eigenvalue weighted by Gasteiger charge is 2.18. The van der Waals surface area contributed by atoms with Gasteiger partial charge in [-0.3, -0.25) is 4.79 Å². The van der Waals surface area contributed by atoms with E-state index in [1.54, 1.807) is 18.3 Å². The van der Waals surface area contributed by atoms with Gasteiger partial charge in [-0.2, -0.15) is 0 Å². The molecule has 0 atom stereocenters. The average molecular weight is 265 g/mol. The lowest BCUT2D eigenvalue weighted by atomic mass is 10.2. The number of nitrogens with zero attached hydrogens (tertiary/aromatic N) is 3. The molecule has 1 rings (SSSR count). The van der Waals surface area contributed by atoms with Crippen LogP contribution in [0.4, 0.5) is 5.82 Å². The second-order valence-electron chi connectivity index (χ2n) is 4.64. The maximum Gasteiger partial charge on any atom is 0.257 e. The summed E-state index contributed by atoms with van der Waals surface area (Å²) < 4.78 is 0. The first kappa shape index (κ1) is 15.4. The number of hydrazine groups is 1. The number of pyridine rings is 1. The number of likely N-dealkylation sites (N-methyl/N-ethyl adjacent to an activating group) is 1. The number of aromatic nitrogens is 1. The number of hydrogen-bond acceptors (Lipinski definition) is 5. The molecule has 1 aromatic heterocycles. The SMILES string of the molecule is CCCN(CCN(C)C)C(=O)c1cccnc1NN. The minimum Gasteiger partial charge on any atom is -0.337 e. The second kappa shape index (κ2) is 7.70. The van der Waals surface area contributed by atoms with Crippen LogP contribution in [0.15, 0.2) is 18.3 Å². The summed E-state index contributed by atoms with van der Waals surface area (Å²) in [6.07, 6.45) is 2.53. The number of nitrogens with one attached hydrogen (secondary N) is 1. The second-order valence-corrected chi connectivity index (χ2v) is 4.64. The van der Waals surface area contributed by atoms with Gasteiger partial charge < -0.3 is 15.2 Å². The predicted octanol–water partition coefficient (Wildman–Crippen LogP) is 0.781. The molecule has 0 saturated heterocycles. The van der Waals surface area contributed by atoms with Gasteiger partial charge in [0.1, 0.15) is 0 Å². The number of hydrogen-bond donors (Lipinski definition) is 2. The summed E-state index contributed by atoms with van der Waals surface area (Å²) >= 11 is 0. The minimum absolute atomic E-state index is 0.0373. The van der Waals surface area contributed by atoms with Crippen molar-refractivity contribution in [1.29, 1.82) is 0 Å². The fourth-order valence-corrected chi connectivity index (χ4v) is 1.77. The molecule has 0 bridgehead atoms. The van der Waals surface area contributed by atoms with E-state index in [9.17, 15) is 4.79 Å². The Morgan fingerprint density at radius 3 is 2.68 bits per heavy atom. The standard InChI is InChI=1S/C13H23N5O/c1-4-8-18(10-9-17(2)3)13(19)11-6-5-7-15-12(11)16-14/h5-7H,4,8-10,14H2,1-3H3,(H,15,16). The molecule has 19 heavy (non-hydrogen) atoms. The first-order valence-electron chi connectivity index (χ1n) is 6.45. The van der Waals surface area contributed by atoms with Crippen LogP contribution in [-0.2, 0) is 0 Å². The monoisotopic (exact) mass is 265 g/mol. The van der Waals surface area contributed by atoms with Crippen molar-refractivity contribution < 1.29 is 4.79 Å². The van der Waals surface area contributed by atoms with Crippen LogP contribution < -0.4 is 11.3 Å². The van der Waals surface area contributed by atoms with Crippen LogP contribution in [-0.4, -0.2) is 54.4 Å². The van der Waals surface area contributed by atoms with Gasteiger partial charge in [0.05, 0.1) is 5.56 Å². The molecule has 0 radical (unpaired) electrons. The molecule has 106 valence electrons. The Hall–Kier alpha value is -1.66. The Bertz CT molecular complexity index is 408. The van der Waals surface area contributed by atoms with E-state index in [1.165, 1.54) is 0 Å². The van der Waals surface area contributed by atoms with Crippen molar-refractivity contribution in [2.75, 3.05) is 39.2 Å². The highest BCUT2D eigenvalue weighted by molar-refractivity contribution is 5.98. The van der Waals surface area contributed by atoms with Crippen LogP contribution in [0.2, 0.25) is 0 Å². The number of carbonyl (C=O) groups is 1. The first-order chi connectivity index (χ1) is 9.10. The highest BCUT2D eigenvalue weighted by Crippen LogP contribution is 2.13. The van der Waals surface area contributed by atoms with Crippen molar-refractivity contribution >= 4 is 11.7 Å². The summed E-state index contributed by atoms with van der Waals surface area (Å²) in [4.78, 5) is 20.4. The van der Waals surface area contributed by atoms with E-state index in [0.29, 0.717) is 17.9 Å². The molecule has 1 amide bonds. The van der Waals surface area contributed by atoms with Gasteiger partial charge in [-0.15, -0.1) is 0 Å². The summed E-state index contributed by atoms with van der Waals surface area (Å²) in [6, 6.07) is 3.48. The van der Waals surface area contributed by atoms with Gasteiger partial charge in [-0.25, -0.2) is 10.8 Å². The maximum atomic E-state index is 12.5. The maximum absolute atomic E-state index is 12.5. The summed E-state index contributed by atoms with van der Waals surface area (Å²) in [5.41, 5.74) is 2.98. The molecule has 1 aromatic rings. The normalized spacial score (nSPS) is 10.6. The van der Waals surface area contributed by atoms with Gasteiger partial charge in [0, 0.05) is 25.8 Å². The first-order valence-corrected chi connectivity index (χ1v) is 6.45. The Balaban J connectivity index is 2.85. The Morgan fingerprint density at radius 2 is 2.11 bits per heavy atom. The largest absolute Gasteiger partial charge is 0.337 e. The zero-order valence-corrected chi connectivity index (χ0v) is 11.9. The highest BCUT2D eigenvalue weighted by atomic mass is 16.2. The van der Waals surface area contributed by atoms with E-state index in [2.05, 4.69) is 22.2 Å². The van der Waals surface area contributed by atoms with E-state index in [1.807, 2.05) is 19.0 Å². The molecule has 0 unspecified atom stereocenters. The smallest absolute Gasteiger partial charge is 0.257 e. The van der Waals surface area contributed by atoms with Crippen molar-refractivity contribution in [2.45, 2.75) is 13.3 Å². The number of rotatable bonds is 7. The minimum atomic E-state index is -0.0373. The van der Waals surface area contributed by atoms with Crippen LogP contribution in [0.5, 0.6) is 0 Å². The van der Waals surface area contributed by atoms with E-state index in [-0.39, 0.29) is 5.91 Å². The summed E-state index contributed by atoms with van der Waals surface area (Å²) in [6.45, 7) is 4.31. The molecule has 6 nitrogen and oxygen atoms in total. The Morgan fingerprint density at radius 1 is 1.37 bits per heavy atom. The molecule has 0 fully saturated rings. The third-order valence-electron chi connectivity index (χ3n) is 2.77. The molecule has 3 N–H and O–H groups in total. The zero-order valence-electron chi connectivity index (χ0n) is 11.9. The lowest BCUT2D eigenvalue weighted by Crippen LogP contribution is -2.37. The van der Waals surface area contributed by atoms with Crippen molar-refractivity contribution in [3.05, 3.63) is 23.9 Å². The predicted molar refractivity (Wildman–Crippen MR) is 76.8 cm³/mol. The van der Waals surface area contributed by atoms with Crippen molar-refractivity contribution in [2.24, 2.45) is 5.84 Å². The molecular weight excluding hydrogens is 242 g/mol. The summed E-state index contributed by atoms with van der Waals surface area (Å²) in [5, 5.41) is 0.